The molecule has 1 fully saturated rings. The van der Waals surface area contributed by atoms with Crippen LogP contribution in [0.1, 0.15) is 36.9 Å². The summed E-state index contributed by atoms with van der Waals surface area (Å²) in [6.45, 7) is 1.69. The normalized spacial score (nSPS) is 22.2. The molecule has 1 aliphatic carbocycles. The van der Waals surface area contributed by atoms with Crippen LogP contribution >= 0.6 is 0 Å². The number of rotatable bonds is 3. The van der Waals surface area contributed by atoms with E-state index in [9.17, 15) is 0 Å². The zero-order chi connectivity index (χ0) is 14.1. The van der Waals surface area contributed by atoms with Crippen LogP contribution in [-0.2, 0) is 4.74 Å². The Kier molecular flexibility index (Phi) is 3.36. The highest BCUT2D eigenvalue weighted by molar-refractivity contribution is 5.62. The number of aromatic nitrogens is 2. The predicted molar refractivity (Wildman–Crippen MR) is 83.3 cm³/mol. The Morgan fingerprint density at radius 1 is 1.10 bits per heavy atom. The summed E-state index contributed by atoms with van der Waals surface area (Å²) in [6, 6.07) is 11.1. The first-order valence-corrected chi connectivity index (χ1v) is 7.78. The lowest BCUT2D eigenvalue weighted by molar-refractivity contribution is 0.193. The summed E-state index contributed by atoms with van der Waals surface area (Å²) in [5.74, 6) is 0.475. The van der Waals surface area contributed by atoms with Crippen molar-refractivity contribution in [3.05, 3.63) is 54.5 Å². The third-order valence-electron chi connectivity index (χ3n) is 4.57. The van der Waals surface area contributed by atoms with Gasteiger partial charge in [-0.15, -0.1) is 0 Å². The molecule has 0 bridgehead atoms. The van der Waals surface area contributed by atoms with E-state index in [-0.39, 0.29) is 0 Å². The van der Waals surface area contributed by atoms with Crippen LogP contribution in [0.5, 0.6) is 0 Å². The van der Waals surface area contributed by atoms with Gasteiger partial charge in [-0.05, 0) is 19.3 Å². The predicted octanol–water partition coefficient (Wildman–Crippen LogP) is 3.95. The summed E-state index contributed by atoms with van der Waals surface area (Å²) in [7, 11) is 0. The summed E-state index contributed by atoms with van der Waals surface area (Å²) in [5.41, 5.74) is 3.72. The fourth-order valence-electron chi connectivity index (χ4n) is 3.46. The number of allylic oxidation sites excluding steroid dienone is 2. The van der Waals surface area contributed by atoms with Crippen LogP contribution in [0.4, 0.5) is 0 Å². The summed E-state index contributed by atoms with van der Waals surface area (Å²) >= 11 is 0. The van der Waals surface area contributed by atoms with E-state index < -0.39 is 0 Å². The Labute approximate surface area is 125 Å². The van der Waals surface area contributed by atoms with Gasteiger partial charge in [0.05, 0.1) is 24.3 Å². The molecule has 1 atom stereocenters. The van der Waals surface area contributed by atoms with Crippen molar-refractivity contribution in [2.24, 2.45) is 0 Å². The van der Waals surface area contributed by atoms with Crippen molar-refractivity contribution in [2.45, 2.75) is 31.2 Å². The topological polar surface area (TPSA) is 27.1 Å². The molecule has 4 rings (SSSR count). The van der Waals surface area contributed by atoms with Crippen molar-refractivity contribution in [3.63, 3.8) is 0 Å². The average Bonchev–Trinajstić information content (AvgIpc) is 3.27. The molecule has 1 aromatic heterocycles. The first-order valence-electron chi connectivity index (χ1n) is 7.78. The minimum Gasteiger partial charge on any atom is -0.381 e. The molecule has 1 aromatic carbocycles. The summed E-state index contributed by atoms with van der Waals surface area (Å²) in [5, 5.41) is 0. The van der Waals surface area contributed by atoms with E-state index in [0.29, 0.717) is 12.0 Å². The third-order valence-corrected chi connectivity index (χ3v) is 4.57. The molecule has 1 saturated heterocycles. The van der Waals surface area contributed by atoms with Crippen molar-refractivity contribution >= 4 is 0 Å². The Morgan fingerprint density at radius 3 is 2.62 bits per heavy atom. The zero-order valence-electron chi connectivity index (χ0n) is 12.1. The second-order valence-corrected chi connectivity index (χ2v) is 5.91. The first-order chi connectivity index (χ1) is 10.4. The van der Waals surface area contributed by atoms with Gasteiger partial charge in [-0.1, -0.05) is 42.5 Å². The minimum atomic E-state index is 0.475. The zero-order valence-corrected chi connectivity index (χ0v) is 12.1. The average molecular weight is 280 g/mol. The van der Waals surface area contributed by atoms with Gasteiger partial charge in [0, 0.05) is 24.1 Å². The van der Waals surface area contributed by atoms with Gasteiger partial charge in [-0.3, -0.25) is 0 Å². The van der Waals surface area contributed by atoms with Gasteiger partial charge in [0.1, 0.15) is 0 Å². The molecular weight excluding hydrogens is 260 g/mol. The van der Waals surface area contributed by atoms with Crippen LogP contribution < -0.4 is 0 Å². The van der Waals surface area contributed by atoms with Crippen molar-refractivity contribution in [1.82, 2.24) is 9.55 Å². The monoisotopic (exact) mass is 280 g/mol. The third kappa shape index (κ3) is 2.32. The Bertz CT molecular complexity index is 630. The fourth-order valence-corrected chi connectivity index (χ4v) is 3.46. The molecule has 21 heavy (non-hydrogen) atoms. The van der Waals surface area contributed by atoms with E-state index in [2.05, 4.69) is 47.1 Å². The molecule has 3 heteroatoms. The van der Waals surface area contributed by atoms with E-state index in [4.69, 9.17) is 9.72 Å². The van der Waals surface area contributed by atoms with Gasteiger partial charge in [-0.2, -0.15) is 0 Å². The number of ether oxygens (including phenoxy) is 1. The van der Waals surface area contributed by atoms with Crippen molar-refractivity contribution in [3.8, 4) is 11.3 Å². The first kappa shape index (κ1) is 12.8. The lowest BCUT2D eigenvalue weighted by Crippen LogP contribution is -2.12. The molecule has 3 nitrogen and oxygen atoms in total. The van der Waals surface area contributed by atoms with Gasteiger partial charge in [0.15, 0.2) is 0 Å². The van der Waals surface area contributed by atoms with Crippen LogP contribution in [0, 0.1) is 0 Å². The molecule has 2 heterocycles. The van der Waals surface area contributed by atoms with Crippen molar-refractivity contribution < 1.29 is 4.74 Å². The van der Waals surface area contributed by atoms with Crippen LogP contribution in [0.2, 0.25) is 0 Å². The van der Waals surface area contributed by atoms with Gasteiger partial charge in [0.25, 0.3) is 0 Å². The van der Waals surface area contributed by atoms with E-state index in [1.165, 1.54) is 11.3 Å². The number of hydrogen-bond acceptors (Lipinski definition) is 2. The smallest absolute Gasteiger partial charge is 0.0958 e. The van der Waals surface area contributed by atoms with E-state index in [1.807, 2.05) is 6.33 Å². The van der Waals surface area contributed by atoms with Gasteiger partial charge >= 0.3 is 0 Å². The quantitative estimate of drug-likeness (QED) is 0.796. The summed E-state index contributed by atoms with van der Waals surface area (Å²) in [6.07, 6.45) is 9.93. The number of hydrogen-bond donors (Lipinski definition) is 0. The fraction of sp³-hybridized carbons (Fsp3) is 0.389. The maximum Gasteiger partial charge on any atom is 0.0958 e. The highest BCUT2D eigenvalue weighted by Gasteiger charge is 2.28. The minimum absolute atomic E-state index is 0.475. The van der Waals surface area contributed by atoms with Crippen LogP contribution in [-0.4, -0.2) is 22.8 Å². The number of imidazole rings is 1. The standard InChI is InChI=1S/C18H20N2O/c1-2-6-14(7-3-1)17-18(15-10-11-21-12-15)20(13-19-17)16-8-4-5-9-16/h1-7,13,15-16H,8-12H2/t15-/m0/s1. The Hall–Kier alpha value is -1.87. The molecule has 0 saturated carbocycles. The number of benzene rings is 1. The number of nitrogens with zero attached hydrogens (tertiary/aromatic N) is 2. The second-order valence-electron chi connectivity index (χ2n) is 5.91. The summed E-state index contributed by atoms with van der Waals surface area (Å²) in [4.78, 5) is 4.76. The molecule has 0 radical (unpaired) electrons. The molecule has 0 unspecified atom stereocenters. The molecular formula is C18H20N2O. The van der Waals surface area contributed by atoms with Crippen LogP contribution in [0.15, 0.2) is 48.8 Å². The molecule has 2 aromatic rings. The van der Waals surface area contributed by atoms with Gasteiger partial charge < -0.3 is 9.30 Å². The Balaban J connectivity index is 1.79. The molecule has 108 valence electrons. The van der Waals surface area contributed by atoms with E-state index >= 15 is 0 Å². The maximum absolute atomic E-state index is 5.63. The highest BCUT2D eigenvalue weighted by atomic mass is 16.5. The molecule has 0 spiro atoms. The van der Waals surface area contributed by atoms with Gasteiger partial charge in [0.2, 0.25) is 0 Å². The highest BCUT2D eigenvalue weighted by Crippen LogP contribution is 2.37. The second kappa shape index (κ2) is 5.49. The van der Waals surface area contributed by atoms with Crippen LogP contribution in [0.25, 0.3) is 11.3 Å². The molecule has 0 N–H and O–H groups in total. The van der Waals surface area contributed by atoms with Gasteiger partial charge in [-0.25, -0.2) is 4.98 Å². The molecule has 1 aliphatic heterocycles. The Morgan fingerprint density at radius 2 is 1.90 bits per heavy atom. The largest absolute Gasteiger partial charge is 0.381 e. The lowest BCUT2D eigenvalue weighted by Gasteiger charge is -2.19. The van der Waals surface area contributed by atoms with Crippen molar-refractivity contribution in [2.75, 3.05) is 13.2 Å². The van der Waals surface area contributed by atoms with Crippen LogP contribution in [0.3, 0.4) is 0 Å². The molecule has 2 aliphatic rings. The van der Waals surface area contributed by atoms with Crippen molar-refractivity contribution in [1.29, 1.82) is 0 Å². The van der Waals surface area contributed by atoms with E-state index in [0.717, 1.165) is 38.2 Å². The van der Waals surface area contributed by atoms with E-state index in [1.54, 1.807) is 0 Å². The SMILES string of the molecule is C1=CCC(n2cnc(-c3ccccc3)c2[C@H]2CCOC2)C1. The molecule has 0 amide bonds. The summed E-state index contributed by atoms with van der Waals surface area (Å²) < 4.78 is 8.04. The maximum atomic E-state index is 5.63. The lowest BCUT2D eigenvalue weighted by atomic mass is 9.98.